The number of carbonyl (C=O) groups excluding carboxylic acids is 1. The van der Waals surface area contributed by atoms with E-state index in [-0.39, 0.29) is 23.0 Å². The zero-order valence-corrected chi connectivity index (χ0v) is 7.23. The number of rotatable bonds is 1. The van der Waals surface area contributed by atoms with Crippen molar-refractivity contribution in [3.8, 4) is 0 Å². The molecule has 0 fully saturated rings. The van der Waals surface area contributed by atoms with Gasteiger partial charge >= 0.3 is 54.0 Å². The Balaban J connectivity index is 0. The van der Waals surface area contributed by atoms with Gasteiger partial charge in [-0.3, -0.25) is 0 Å². The van der Waals surface area contributed by atoms with Gasteiger partial charge in [0, 0.05) is 17.1 Å². The van der Waals surface area contributed by atoms with Gasteiger partial charge in [-0.15, -0.1) is 0 Å². The molecule has 0 bridgehead atoms. The van der Waals surface area contributed by atoms with E-state index in [4.69, 9.17) is 0 Å². The fraction of sp³-hybridized carbons (Fsp3) is 0.250. The quantitative estimate of drug-likeness (QED) is 0.386. The van der Waals surface area contributed by atoms with Gasteiger partial charge < -0.3 is 0 Å². The SMILES string of the molecule is C=[C]([Au])C(=O)OC.[Cu]. The van der Waals surface area contributed by atoms with Crippen LogP contribution in [-0.4, -0.2) is 13.1 Å². The molecule has 0 atom stereocenters. The van der Waals surface area contributed by atoms with Gasteiger partial charge in [0.25, 0.3) is 0 Å². The summed E-state index contributed by atoms with van der Waals surface area (Å²) in [5.41, 5.74) is 0. The van der Waals surface area contributed by atoms with Crippen LogP contribution in [0.25, 0.3) is 0 Å². The number of methoxy groups -OCH3 is 1. The minimum Gasteiger partial charge on any atom is 0 e. The van der Waals surface area contributed by atoms with Crippen molar-refractivity contribution in [3.63, 3.8) is 0 Å². The van der Waals surface area contributed by atoms with Gasteiger partial charge in [-0.05, 0) is 0 Å². The van der Waals surface area contributed by atoms with Crippen molar-refractivity contribution in [2.75, 3.05) is 7.11 Å². The summed E-state index contributed by atoms with van der Waals surface area (Å²) >= 11 is 1.97. The molecule has 8 heavy (non-hydrogen) atoms. The zero-order valence-electron chi connectivity index (χ0n) is 4.13. The molecule has 0 aromatic heterocycles. The molecule has 0 spiro atoms. The van der Waals surface area contributed by atoms with E-state index in [0.717, 1.165) is 0 Å². The van der Waals surface area contributed by atoms with Gasteiger partial charge in [-0.1, -0.05) is 0 Å². The summed E-state index contributed by atoms with van der Waals surface area (Å²) in [5, 5.41) is 0. The summed E-state index contributed by atoms with van der Waals surface area (Å²) in [5.74, 6) is -0.372. The first-order chi connectivity index (χ1) is 3.18. The molecular weight excluding hydrogens is 341 g/mol. The standard InChI is InChI=1S/C4H5O2.Au.Cu/c1-3-4(5)6-2;;/h1H2,2H3;;. The topological polar surface area (TPSA) is 26.3 Å². The van der Waals surface area contributed by atoms with Crippen LogP contribution in [0, 0.1) is 0 Å². The first-order valence-electron chi connectivity index (χ1n) is 1.57. The van der Waals surface area contributed by atoms with Gasteiger partial charge in [0.15, 0.2) is 0 Å². The summed E-state index contributed by atoms with van der Waals surface area (Å²) in [7, 11) is 1.32. The van der Waals surface area contributed by atoms with E-state index < -0.39 is 0 Å². The summed E-state index contributed by atoms with van der Waals surface area (Å²) in [6.07, 6.45) is 0. The van der Waals surface area contributed by atoms with Crippen LogP contribution in [0.5, 0.6) is 0 Å². The summed E-state index contributed by atoms with van der Waals surface area (Å²) in [6, 6.07) is 0. The van der Waals surface area contributed by atoms with Gasteiger partial charge in [-0.25, -0.2) is 0 Å². The Morgan fingerprint density at radius 1 is 1.75 bits per heavy atom. The molecule has 0 saturated heterocycles. The maximum absolute atomic E-state index is 10.2. The van der Waals surface area contributed by atoms with Crippen LogP contribution >= 0.6 is 0 Å². The molecule has 1 radical (unpaired) electrons. The molecule has 0 aromatic carbocycles. The van der Waals surface area contributed by atoms with Gasteiger partial charge in [0.2, 0.25) is 0 Å². The second-order valence-electron chi connectivity index (χ2n) is 0.850. The third kappa shape index (κ3) is 4.62. The van der Waals surface area contributed by atoms with Crippen LogP contribution in [0.4, 0.5) is 0 Å². The van der Waals surface area contributed by atoms with Crippen molar-refractivity contribution in [2.45, 2.75) is 0 Å². The fourth-order valence-corrected chi connectivity index (χ4v) is 0.324. The van der Waals surface area contributed by atoms with Gasteiger partial charge in [0.1, 0.15) is 0 Å². The molecule has 0 aromatic rings. The van der Waals surface area contributed by atoms with E-state index >= 15 is 0 Å². The van der Waals surface area contributed by atoms with Crippen molar-refractivity contribution in [1.82, 2.24) is 0 Å². The molecule has 4 heteroatoms. The fourth-order valence-electron chi connectivity index (χ4n) is 0.103. The molecule has 0 N–H and O–H groups in total. The van der Waals surface area contributed by atoms with Crippen LogP contribution in [0.2, 0.25) is 0 Å². The van der Waals surface area contributed by atoms with Crippen LogP contribution in [-0.2, 0) is 47.7 Å². The number of carbonyl (C=O) groups is 1. The van der Waals surface area contributed by atoms with E-state index in [1.165, 1.54) is 7.11 Å². The minimum absolute atomic E-state index is 0. The van der Waals surface area contributed by atoms with E-state index in [2.05, 4.69) is 11.3 Å². The number of ether oxygens (including phenoxy) is 1. The first kappa shape index (κ1) is 11.3. The van der Waals surface area contributed by atoms with Crippen molar-refractivity contribution in [1.29, 1.82) is 0 Å². The maximum atomic E-state index is 10.2. The maximum Gasteiger partial charge on any atom is 0 e. The molecule has 0 aliphatic heterocycles. The van der Waals surface area contributed by atoms with Crippen molar-refractivity contribution in [3.05, 3.63) is 10.4 Å². The molecule has 0 rings (SSSR count). The second kappa shape index (κ2) is 5.60. The molecule has 55 valence electrons. The minimum atomic E-state index is -0.372. The number of hydrogen-bond donors (Lipinski definition) is 0. The summed E-state index contributed by atoms with van der Waals surface area (Å²) in [6.45, 7) is 3.33. The van der Waals surface area contributed by atoms with Gasteiger partial charge in [0.05, 0.1) is 0 Å². The Labute approximate surface area is 71.1 Å². The van der Waals surface area contributed by atoms with Gasteiger partial charge in [-0.2, -0.15) is 0 Å². The molecule has 0 unspecified atom stereocenters. The second-order valence-corrected chi connectivity index (χ2v) is 2.16. The van der Waals surface area contributed by atoms with Crippen LogP contribution in [0.1, 0.15) is 0 Å². The van der Waals surface area contributed by atoms with Crippen LogP contribution in [0.3, 0.4) is 0 Å². The molecule has 0 amide bonds. The molecule has 0 aliphatic rings. The summed E-state index contributed by atoms with van der Waals surface area (Å²) in [4.78, 5) is 10.2. The molecular formula is C4H5AuCuO2. The largest absolute Gasteiger partial charge is 0 e. The average Bonchev–Trinajstić information content (AvgIpc) is 1.65. The molecule has 0 heterocycles. The first-order valence-corrected chi connectivity index (χ1v) is 2.65. The van der Waals surface area contributed by atoms with E-state index in [9.17, 15) is 4.79 Å². The predicted octanol–water partition coefficient (Wildman–Crippen LogP) is 0.217. The van der Waals surface area contributed by atoms with Crippen molar-refractivity contribution in [2.24, 2.45) is 0 Å². The Kier molecular flexibility index (Phi) is 7.91. The predicted molar refractivity (Wildman–Crippen MR) is 21.2 cm³/mol. The molecule has 0 saturated carbocycles. The van der Waals surface area contributed by atoms with E-state index in [1.54, 1.807) is 0 Å². The Morgan fingerprint density at radius 2 is 2.12 bits per heavy atom. The van der Waals surface area contributed by atoms with Crippen molar-refractivity contribution < 1.29 is 47.7 Å². The Hall–Kier alpha value is 0.470. The zero-order chi connectivity index (χ0) is 5.86. The average molecular weight is 346 g/mol. The van der Waals surface area contributed by atoms with Crippen LogP contribution < -0.4 is 0 Å². The molecule has 0 aliphatic carbocycles. The summed E-state index contributed by atoms with van der Waals surface area (Å²) < 4.78 is 4.64. The number of hydrogen-bond acceptors (Lipinski definition) is 2. The van der Waals surface area contributed by atoms with E-state index in [1.807, 2.05) is 21.1 Å². The number of esters is 1. The normalized spacial score (nSPS) is 6.88. The van der Waals surface area contributed by atoms with E-state index in [0.29, 0.717) is 3.79 Å². The van der Waals surface area contributed by atoms with Crippen molar-refractivity contribution >= 4 is 5.97 Å². The third-order valence-corrected chi connectivity index (χ3v) is 0.834. The molecule has 2 nitrogen and oxygen atoms in total. The Bertz CT molecular complexity index is 102. The van der Waals surface area contributed by atoms with Crippen LogP contribution in [0.15, 0.2) is 10.4 Å². The monoisotopic (exact) mass is 345 g/mol. The smallest absolute Gasteiger partial charge is 0 e. The third-order valence-electron chi connectivity index (χ3n) is 0.391. The Morgan fingerprint density at radius 3 is 2.12 bits per heavy atom.